The Morgan fingerprint density at radius 1 is 1.35 bits per heavy atom. The Kier molecular flexibility index (Phi) is 3.99. The first-order valence-corrected chi connectivity index (χ1v) is 5.83. The van der Waals surface area contributed by atoms with Crippen LogP contribution in [0.4, 0.5) is 11.4 Å². The van der Waals surface area contributed by atoms with Gasteiger partial charge in [0.1, 0.15) is 0 Å². The number of nitrogens with one attached hydrogen (secondary N) is 1. The number of anilines is 2. The van der Waals surface area contributed by atoms with Crippen molar-refractivity contribution in [2.45, 2.75) is 39.2 Å². The summed E-state index contributed by atoms with van der Waals surface area (Å²) in [5, 5.41) is 2.97. The van der Waals surface area contributed by atoms with Crippen molar-refractivity contribution < 1.29 is 4.79 Å². The Morgan fingerprint density at radius 2 is 2.00 bits per heavy atom. The maximum atomic E-state index is 12.0. The normalized spacial score (nSPS) is 11.2. The van der Waals surface area contributed by atoms with Gasteiger partial charge in [-0.25, -0.2) is 0 Å². The molecule has 0 aliphatic carbocycles. The molecule has 1 aromatic carbocycles. The zero-order chi connectivity index (χ0) is 13.1. The monoisotopic (exact) mass is 235 g/mol. The fourth-order valence-electron chi connectivity index (χ4n) is 1.85. The van der Waals surface area contributed by atoms with E-state index in [1.165, 1.54) is 0 Å². The minimum absolute atomic E-state index is 0.152. The molecule has 94 valence electrons. The zero-order valence-electron chi connectivity index (χ0n) is 10.7. The number of carbonyl (C=O) groups excluding carboxylic acids is 1. The molecule has 0 spiro atoms. The van der Waals surface area contributed by atoms with Crippen molar-refractivity contribution in [3.05, 3.63) is 23.8 Å². The molecule has 0 saturated carbocycles. The van der Waals surface area contributed by atoms with E-state index in [9.17, 15) is 4.79 Å². The summed E-state index contributed by atoms with van der Waals surface area (Å²) < 4.78 is 0. The van der Waals surface area contributed by atoms with Gasteiger partial charge < -0.3 is 16.8 Å². The first kappa shape index (κ1) is 13.4. The van der Waals surface area contributed by atoms with Gasteiger partial charge in [0.2, 0.25) is 0 Å². The first-order chi connectivity index (χ1) is 7.85. The average Bonchev–Trinajstić information content (AvgIpc) is 2.15. The quantitative estimate of drug-likeness (QED) is 0.699. The Balaban J connectivity index is 2.83. The third-order valence-corrected chi connectivity index (χ3v) is 2.65. The third kappa shape index (κ3) is 3.66. The van der Waals surface area contributed by atoms with Gasteiger partial charge in [-0.1, -0.05) is 13.3 Å². The van der Waals surface area contributed by atoms with Crippen molar-refractivity contribution in [1.29, 1.82) is 0 Å². The van der Waals surface area contributed by atoms with E-state index in [1.807, 2.05) is 13.8 Å². The number of nitrogens with two attached hydrogens (primary N) is 2. The largest absolute Gasteiger partial charge is 0.399 e. The van der Waals surface area contributed by atoms with Crippen LogP contribution in [-0.2, 0) is 0 Å². The average molecular weight is 235 g/mol. The lowest BCUT2D eigenvalue weighted by Gasteiger charge is -2.26. The predicted octanol–water partition coefficient (Wildman–Crippen LogP) is 2.16. The number of nitrogen functional groups attached to an aromatic ring is 2. The van der Waals surface area contributed by atoms with Crippen LogP contribution in [0.15, 0.2) is 18.2 Å². The minimum atomic E-state index is -0.223. The number of hydrogen-bond acceptors (Lipinski definition) is 3. The molecule has 0 aliphatic rings. The topological polar surface area (TPSA) is 81.1 Å². The van der Waals surface area contributed by atoms with Crippen LogP contribution in [-0.4, -0.2) is 11.4 Å². The molecule has 17 heavy (non-hydrogen) atoms. The van der Waals surface area contributed by atoms with Crippen molar-refractivity contribution in [3.8, 4) is 0 Å². The molecular weight excluding hydrogens is 214 g/mol. The van der Waals surface area contributed by atoms with E-state index < -0.39 is 0 Å². The Labute approximate surface area is 102 Å². The van der Waals surface area contributed by atoms with Gasteiger partial charge in [-0.2, -0.15) is 0 Å². The lowest BCUT2D eigenvalue weighted by Crippen LogP contribution is -2.43. The molecule has 4 heteroatoms. The summed E-state index contributed by atoms with van der Waals surface area (Å²) in [7, 11) is 0. The molecule has 0 aromatic heterocycles. The molecule has 5 N–H and O–H groups in total. The van der Waals surface area contributed by atoms with Crippen molar-refractivity contribution in [2.24, 2.45) is 0 Å². The molecule has 0 radical (unpaired) electrons. The van der Waals surface area contributed by atoms with E-state index in [4.69, 9.17) is 11.5 Å². The van der Waals surface area contributed by atoms with Gasteiger partial charge in [0.05, 0.1) is 5.56 Å². The van der Waals surface area contributed by atoms with E-state index in [0.29, 0.717) is 16.9 Å². The van der Waals surface area contributed by atoms with Crippen LogP contribution >= 0.6 is 0 Å². The number of rotatable bonds is 4. The van der Waals surface area contributed by atoms with Crippen molar-refractivity contribution >= 4 is 17.3 Å². The molecule has 0 atom stereocenters. The molecule has 0 fully saturated rings. The van der Waals surface area contributed by atoms with Crippen molar-refractivity contribution in [1.82, 2.24) is 5.32 Å². The SMILES string of the molecule is CCCC(C)(C)NC(=O)c1ccc(N)cc1N. The molecule has 1 rings (SSSR count). The van der Waals surface area contributed by atoms with E-state index in [1.54, 1.807) is 18.2 Å². The van der Waals surface area contributed by atoms with Gasteiger partial charge in [-0.05, 0) is 38.5 Å². The maximum absolute atomic E-state index is 12.0. The molecule has 4 nitrogen and oxygen atoms in total. The summed E-state index contributed by atoms with van der Waals surface area (Å²) in [5.41, 5.74) is 12.6. The fraction of sp³-hybridized carbons (Fsp3) is 0.462. The highest BCUT2D eigenvalue weighted by Crippen LogP contribution is 2.18. The summed E-state index contributed by atoms with van der Waals surface area (Å²) in [6.45, 7) is 6.09. The van der Waals surface area contributed by atoms with Crippen LogP contribution in [0.3, 0.4) is 0 Å². The minimum Gasteiger partial charge on any atom is -0.399 e. The molecule has 1 aromatic rings. The molecule has 0 heterocycles. The third-order valence-electron chi connectivity index (χ3n) is 2.65. The number of benzene rings is 1. The number of hydrogen-bond donors (Lipinski definition) is 3. The standard InChI is InChI=1S/C13H21N3O/c1-4-7-13(2,3)16-12(17)10-6-5-9(14)8-11(10)15/h5-6,8H,4,7,14-15H2,1-3H3,(H,16,17). The fourth-order valence-corrected chi connectivity index (χ4v) is 1.85. The zero-order valence-corrected chi connectivity index (χ0v) is 10.7. The molecule has 0 aliphatic heterocycles. The van der Waals surface area contributed by atoms with Gasteiger partial charge in [-0.15, -0.1) is 0 Å². The van der Waals surface area contributed by atoms with Gasteiger partial charge in [-0.3, -0.25) is 4.79 Å². The molecule has 0 saturated heterocycles. The molecular formula is C13H21N3O. The summed E-state index contributed by atoms with van der Waals surface area (Å²) in [4.78, 5) is 12.0. The Hall–Kier alpha value is -1.71. The van der Waals surface area contributed by atoms with Crippen LogP contribution in [0, 0.1) is 0 Å². The van der Waals surface area contributed by atoms with E-state index in [0.717, 1.165) is 12.8 Å². The molecule has 0 unspecified atom stereocenters. The van der Waals surface area contributed by atoms with Crippen molar-refractivity contribution in [3.63, 3.8) is 0 Å². The highest BCUT2D eigenvalue weighted by molar-refractivity contribution is 6.00. The smallest absolute Gasteiger partial charge is 0.253 e. The van der Waals surface area contributed by atoms with Gasteiger partial charge in [0.25, 0.3) is 5.91 Å². The number of carbonyl (C=O) groups is 1. The van der Waals surface area contributed by atoms with Gasteiger partial charge in [0.15, 0.2) is 0 Å². The second-order valence-corrected chi connectivity index (χ2v) is 4.93. The second-order valence-electron chi connectivity index (χ2n) is 4.93. The van der Waals surface area contributed by atoms with E-state index in [2.05, 4.69) is 12.2 Å². The van der Waals surface area contributed by atoms with Gasteiger partial charge in [0, 0.05) is 16.9 Å². The summed E-state index contributed by atoms with van der Waals surface area (Å²) >= 11 is 0. The summed E-state index contributed by atoms with van der Waals surface area (Å²) in [5.74, 6) is -0.152. The van der Waals surface area contributed by atoms with Crippen LogP contribution in [0.5, 0.6) is 0 Å². The van der Waals surface area contributed by atoms with Crippen LogP contribution in [0.1, 0.15) is 44.0 Å². The van der Waals surface area contributed by atoms with Crippen molar-refractivity contribution in [2.75, 3.05) is 11.5 Å². The second kappa shape index (κ2) is 5.08. The van der Waals surface area contributed by atoms with E-state index in [-0.39, 0.29) is 11.4 Å². The molecule has 0 bridgehead atoms. The van der Waals surface area contributed by atoms with Gasteiger partial charge >= 0.3 is 0 Å². The molecule has 1 amide bonds. The Bertz CT molecular complexity index is 413. The summed E-state index contributed by atoms with van der Waals surface area (Å²) in [6.07, 6.45) is 1.94. The lowest BCUT2D eigenvalue weighted by atomic mass is 9.98. The maximum Gasteiger partial charge on any atom is 0.253 e. The van der Waals surface area contributed by atoms with Crippen LogP contribution in [0.25, 0.3) is 0 Å². The predicted molar refractivity (Wildman–Crippen MR) is 71.7 cm³/mol. The van der Waals surface area contributed by atoms with Crippen LogP contribution in [0.2, 0.25) is 0 Å². The highest BCUT2D eigenvalue weighted by atomic mass is 16.1. The lowest BCUT2D eigenvalue weighted by molar-refractivity contribution is 0.0910. The highest BCUT2D eigenvalue weighted by Gasteiger charge is 2.21. The Morgan fingerprint density at radius 3 is 2.53 bits per heavy atom. The van der Waals surface area contributed by atoms with Crippen LogP contribution < -0.4 is 16.8 Å². The first-order valence-electron chi connectivity index (χ1n) is 5.83. The van der Waals surface area contributed by atoms with E-state index >= 15 is 0 Å². The summed E-state index contributed by atoms with van der Waals surface area (Å²) in [6, 6.07) is 4.93. The number of amides is 1.